The van der Waals surface area contributed by atoms with Gasteiger partial charge in [0.15, 0.2) is 0 Å². The van der Waals surface area contributed by atoms with E-state index in [0.29, 0.717) is 17.2 Å². The molecule has 0 N–H and O–H groups in total. The standard InChI is InChI=1S/C16H28ClN3/c1-4-5-13-6-7-15(17)14(8-13)9-16-18-11-19-20(16)10-12(2)3/h11-15H,4-10H2,1-3H3. The van der Waals surface area contributed by atoms with Gasteiger partial charge in [0.2, 0.25) is 0 Å². The number of halogens is 1. The van der Waals surface area contributed by atoms with Crippen molar-refractivity contribution >= 4 is 11.6 Å². The lowest BCUT2D eigenvalue weighted by Crippen LogP contribution is -2.28. The number of hydrogen-bond acceptors (Lipinski definition) is 2. The van der Waals surface area contributed by atoms with Crippen molar-refractivity contribution in [2.45, 2.75) is 71.2 Å². The molecule has 4 heteroatoms. The number of hydrogen-bond donors (Lipinski definition) is 0. The van der Waals surface area contributed by atoms with Crippen molar-refractivity contribution in [3.63, 3.8) is 0 Å². The average Bonchev–Trinajstić information content (AvgIpc) is 2.80. The first-order valence-corrected chi connectivity index (χ1v) is 8.54. The molecule has 1 aliphatic rings. The largest absolute Gasteiger partial charge is 0.250 e. The van der Waals surface area contributed by atoms with E-state index >= 15 is 0 Å². The van der Waals surface area contributed by atoms with Crippen LogP contribution in [0.25, 0.3) is 0 Å². The zero-order valence-electron chi connectivity index (χ0n) is 13.1. The van der Waals surface area contributed by atoms with Gasteiger partial charge >= 0.3 is 0 Å². The second-order valence-corrected chi connectivity index (χ2v) is 7.26. The van der Waals surface area contributed by atoms with Gasteiger partial charge in [-0.3, -0.25) is 0 Å². The third kappa shape index (κ3) is 4.21. The van der Waals surface area contributed by atoms with Crippen LogP contribution < -0.4 is 0 Å². The Kier molecular flexibility index (Phi) is 5.88. The minimum absolute atomic E-state index is 0.312. The van der Waals surface area contributed by atoms with Crippen molar-refractivity contribution in [2.24, 2.45) is 17.8 Å². The summed E-state index contributed by atoms with van der Waals surface area (Å²) >= 11 is 6.57. The second-order valence-electron chi connectivity index (χ2n) is 6.70. The molecule has 20 heavy (non-hydrogen) atoms. The summed E-state index contributed by atoms with van der Waals surface area (Å²) in [5.41, 5.74) is 0. The topological polar surface area (TPSA) is 30.7 Å². The lowest BCUT2D eigenvalue weighted by atomic mass is 9.77. The Hall–Kier alpha value is -0.570. The van der Waals surface area contributed by atoms with Gasteiger partial charge in [0.25, 0.3) is 0 Å². The number of alkyl halides is 1. The van der Waals surface area contributed by atoms with Gasteiger partial charge in [0.05, 0.1) is 0 Å². The van der Waals surface area contributed by atoms with E-state index in [1.165, 1.54) is 25.7 Å². The molecule has 2 rings (SSSR count). The molecular formula is C16H28ClN3. The highest BCUT2D eigenvalue weighted by atomic mass is 35.5. The maximum absolute atomic E-state index is 6.57. The molecule has 1 aromatic rings. The predicted molar refractivity (Wildman–Crippen MR) is 83.9 cm³/mol. The second kappa shape index (κ2) is 7.44. The summed E-state index contributed by atoms with van der Waals surface area (Å²) in [6.45, 7) is 7.66. The van der Waals surface area contributed by atoms with Crippen LogP contribution in [0.4, 0.5) is 0 Å². The SMILES string of the molecule is CCCC1CCC(Cl)C(Cc2ncnn2CC(C)C)C1. The van der Waals surface area contributed by atoms with Crippen molar-refractivity contribution in [1.82, 2.24) is 14.8 Å². The molecule has 0 amide bonds. The first-order valence-electron chi connectivity index (χ1n) is 8.10. The lowest BCUT2D eigenvalue weighted by molar-refractivity contribution is 0.252. The molecule has 1 aliphatic carbocycles. The summed E-state index contributed by atoms with van der Waals surface area (Å²) in [5.74, 6) is 3.14. The molecule has 3 atom stereocenters. The van der Waals surface area contributed by atoms with E-state index in [-0.39, 0.29) is 0 Å². The molecule has 3 unspecified atom stereocenters. The zero-order chi connectivity index (χ0) is 14.5. The fourth-order valence-corrected chi connectivity index (χ4v) is 3.70. The van der Waals surface area contributed by atoms with E-state index < -0.39 is 0 Å². The van der Waals surface area contributed by atoms with E-state index in [0.717, 1.165) is 31.1 Å². The van der Waals surface area contributed by atoms with Gasteiger partial charge in [-0.05, 0) is 37.0 Å². The molecule has 0 aromatic carbocycles. The maximum Gasteiger partial charge on any atom is 0.138 e. The number of aromatic nitrogens is 3. The van der Waals surface area contributed by atoms with Crippen LogP contribution in [0.5, 0.6) is 0 Å². The van der Waals surface area contributed by atoms with Gasteiger partial charge in [-0.1, -0.05) is 33.6 Å². The summed E-state index contributed by atoms with van der Waals surface area (Å²) in [4.78, 5) is 4.46. The monoisotopic (exact) mass is 297 g/mol. The molecular weight excluding hydrogens is 270 g/mol. The molecule has 1 saturated carbocycles. The highest BCUT2D eigenvalue weighted by Crippen LogP contribution is 2.36. The van der Waals surface area contributed by atoms with E-state index in [1.807, 2.05) is 0 Å². The molecule has 0 radical (unpaired) electrons. The quantitative estimate of drug-likeness (QED) is 0.733. The van der Waals surface area contributed by atoms with Crippen LogP contribution in [-0.4, -0.2) is 20.1 Å². The first-order chi connectivity index (χ1) is 9.60. The molecule has 0 bridgehead atoms. The van der Waals surface area contributed by atoms with Gasteiger partial charge in [-0.25, -0.2) is 9.67 Å². The Morgan fingerprint density at radius 2 is 2.20 bits per heavy atom. The third-order valence-electron chi connectivity index (χ3n) is 4.37. The first kappa shape index (κ1) is 15.8. The van der Waals surface area contributed by atoms with E-state index in [9.17, 15) is 0 Å². The normalized spacial score (nSPS) is 27.1. The summed E-state index contributed by atoms with van der Waals surface area (Å²) in [6, 6.07) is 0. The Balaban J connectivity index is 1.98. The Labute approximate surface area is 128 Å². The van der Waals surface area contributed by atoms with Crippen LogP contribution in [0.3, 0.4) is 0 Å². The molecule has 3 nitrogen and oxygen atoms in total. The molecule has 1 heterocycles. The fraction of sp³-hybridized carbons (Fsp3) is 0.875. The van der Waals surface area contributed by atoms with Crippen molar-refractivity contribution in [2.75, 3.05) is 0 Å². The van der Waals surface area contributed by atoms with Crippen LogP contribution in [0, 0.1) is 17.8 Å². The summed E-state index contributed by atoms with van der Waals surface area (Å²) in [5, 5.41) is 4.68. The minimum atomic E-state index is 0.312. The van der Waals surface area contributed by atoms with Gasteiger partial charge in [0, 0.05) is 18.3 Å². The van der Waals surface area contributed by atoms with Crippen molar-refractivity contribution < 1.29 is 0 Å². The molecule has 1 fully saturated rings. The van der Waals surface area contributed by atoms with Gasteiger partial charge < -0.3 is 0 Å². The number of nitrogens with zero attached hydrogens (tertiary/aromatic N) is 3. The maximum atomic E-state index is 6.57. The summed E-state index contributed by atoms with van der Waals surface area (Å²) < 4.78 is 2.07. The van der Waals surface area contributed by atoms with Gasteiger partial charge in [-0.15, -0.1) is 11.6 Å². The van der Waals surface area contributed by atoms with Crippen LogP contribution in [0.15, 0.2) is 6.33 Å². The van der Waals surface area contributed by atoms with Gasteiger partial charge in [-0.2, -0.15) is 5.10 Å². The van der Waals surface area contributed by atoms with Crippen LogP contribution in [-0.2, 0) is 13.0 Å². The zero-order valence-corrected chi connectivity index (χ0v) is 13.8. The summed E-state index contributed by atoms with van der Waals surface area (Å²) in [7, 11) is 0. The molecule has 114 valence electrons. The van der Waals surface area contributed by atoms with Gasteiger partial charge in [0.1, 0.15) is 12.2 Å². The molecule has 0 aliphatic heterocycles. The van der Waals surface area contributed by atoms with E-state index in [1.54, 1.807) is 6.33 Å². The molecule has 0 spiro atoms. The van der Waals surface area contributed by atoms with Crippen molar-refractivity contribution in [1.29, 1.82) is 0 Å². The van der Waals surface area contributed by atoms with Crippen LogP contribution >= 0.6 is 11.6 Å². The number of rotatable bonds is 6. The van der Waals surface area contributed by atoms with Crippen molar-refractivity contribution in [3.05, 3.63) is 12.2 Å². The molecule has 1 aromatic heterocycles. The minimum Gasteiger partial charge on any atom is -0.250 e. The van der Waals surface area contributed by atoms with E-state index in [4.69, 9.17) is 11.6 Å². The molecule has 0 saturated heterocycles. The third-order valence-corrected chi connectivity index (χ3v) is 4.95. The summed E-state index contributed by atoms with van der Waals surface area (Å²) in [6.07, 6.45) is 9.03. The van der Waals surface area contributed by atoms with Crippen LogP contribution in [0.1, 0.15) is 58.7 Å². The lowest BCUT2D eigenvalue weighted by Gasteiger charge is -2.32. The highest BCUT2D eigenvalue weighted by molar-refractivity contribution is 6.20. The van der Waals surface area contributed by atoms with E-state index in [2.05, 4.69) is 35.5 Å². The smallest absolute Gasteiger partial charge is 0.138 e. The fourth-order valence-electron chi connectivity index (χ4n) is 3.38. The Bertz CT molecular complexity index is 402. The Morgan fingerprint density at radius 3 is 2.90 bits per heavy atom. The van der Waals surface area contributed by atoms with Crippen LogP contribution in [0.2, 0.25) is 0 Å². The highest BCUT2D eigenvalue weighted by Gasteiger charge is 2.30. The average molecular weight is 298 g/mol. The predicted octanol–water partition coefficient (Wildman–Crippen LogP) is 4.30. The Morgan fingerprint density at radius 1 is 1.40 bits per heavy atom. The van der Waals surface area contributed by atoms with Crippen molar-refractivity contribution in [3.8, 4) is 0 Å².